The molecule has 0 spiro atoms. The van der Waals surface area contributed by atoms with E-state index >= 15 is 0 Å². The molecule has 2 aliphatic rings. The van der Waals surface area contributed by atoms with Crippen LogP contribution in [0.3, 0.4) is 0 Å². The van der Waals surface area contributed by atoms with Crippen molar-refractivity contribution in [2.24, 2.45) is 0 Å². The third kappa shape index (κ3) is 4.67. The molecule has 4 heterocycles. The van der Waals surface area contributed by atoms with Crippen molar-refractivity contribution in [3.63, 3.8) is 0 Å². The molecule has 2 aliphatic heterocycles. The Kier molecular flexibility index (Phi) is 6.36. The van der Waals surface area contributed by atoms with Gasteiger partial charge in [0.2, 0.25) is 0 Å². The highest BCUT2D eigenvalue weighted by Gasteiger charge is 2.28. The van der Waals surface area contributed by atoms with Gasteiger partial charge in [0, 0.05) is 60.6 Å². The molecular formula is C19H25N5OS2. The first kappa shape index (κ1) is 18.8. The van der Waals surface area contributed by atoms with E-state index in [1.165, 1.54) is 23.0 Å². The molecule has 0 saturated carbocycles. The van der Waals surface area contributed by atoms with E-state index in [1.807, 2.05) is 10.7 Å². The first-order valence-corrected chi connectivity index (χ1v) is 11.8. The van der Waals surface area contributed by atoms with Crippen LogP contribution in [0.25, 0.3) is 0 Å². The lowest BCUT2D eigenvalue weighted by molar-refractivity contribution is 0.102. The van der Waals surface area contributed by atoms with Crippen LogP contribution in [0, 0.1) is 0 Å². The van der Waals surface area contributed by atoms with Crippen molar-refractivity contribution in [3.8, 4) is 0 Å². The molecule has 27 heavy (non-hydrogen) atoms. The number of likely N-dealkylation sites (tertiary alicyclic amines) is 1. The summed E-state index contributed by atoms with van der Waals surface area (Å²) in [7, 11) is 0. The molecule has 2 saturated heterocycles. The number of aromatic nitrogens is 3. The van der Waals surface area contributed by atoms with Gasteiger partial charge < -0.3 is 5.32 Å². The van der Waals surface area contributed by atoms with Gasteiger partial charge in [0.05, 0.1) is 17.8 Å². The molecule has 1 N–H and O–H groups in total. The minimum atomic E-state index is -0.144. The fourth-order valence-electron chi connectivity index (χ4n) is 3.70. The first-order valence-electron chi connectivity index (χ1n) is 9.45. The van der Waals surface area contributed by atoms with Crippen LogP contribution >= 0.6 is 23.5 Å². The highest BCUT2D eigenvalue weighted by atomic mass is 32.2. The van der Waals surface area contributed by atoms with Gasteiger partial charge >= 0.3 is 0 Å². The van der Waals surface area contributed by atoms with Crippen LogP contribution in [-0.4, -0.2) is 67.7 Å². The second kappa shape index (κ2) is 9.12. The molecule has 4 rings (SSSR count). The summed E-state index contributed by atoms with van der Waals surface area (Å²) in [6.45, 7) is 2.21. The molecule has 0 aromatic carbocycles. The summed E-state index contributed by atoms with van der Waals surface area (Å²) in [5.41, 5.74) is 0.559. The Morgan fingerprint density at radius 1 is 1.07 bits per heavy atom. The summed E-state index contributed by atoms with van der Waals surface area (Å²) in [5, 5.41) is 7.49. The van der Waals surface area contributed by atoms with E-state index in [-0.39, 0.29) is 5.91 Å². The van der Waals surface area contributed by atoms with Gasteiger partial charge in [-0.3, -0.25) is 14.7 Å². The molecule has 0 atom stereocenters. The van der Waals surface area contributed by atoms with Crippen LogP contribution < -0.4 is 5.32 Å². The largest absolute Gasteiger partial charge is 0.307 e. The fraction of sp³-hybridized carbons (Fsp3) is 0.526. The summed E-state index contributed by atoms with van der Waals surface area (Å²) in [5.74, 6) is 5.70. The predicted octanol–water partition coefficient (Wildman–Crippen LogP) is 3.02. The number of carbonyl (C=O) groups is 1. The normalized spacial score (nSPS) is 20.3. The molecule has 1 amide bonds. The summed E-state index contributed by atoms with van der Waals surface area (Å²) in [6.07, 6.45) is 7.16. The average Bonchev–Trinajstić information content (AvgIpc) is 3.00. The molecule has 144 valence electrons. The number of piperidine rings is 1. The number of carbonyl (C=O) groups excluding carboxylic acids is 1. The van der Waals surface area contributed by atoms with Crippen LogP contribution in [0.15, 0.2) is 36.8 Å². The van der Waals surface area contributed by atoms with Gasteiger partial charge in [-0.05, 0) is 25.0 Å². The number of hydrogen-bond donors (Lipinski definition) is 1. The first-order chi connectivity index (χ1) is 13.3. The van der Waals surface area contributed by atoms with Gasteiger partial charge in [-0.2, -0.15) is 28.6 Å². The van der Waals surface area contributed by atoms with Crippen molar-refractivity contribution >= 4 is 35.2 Å². The molecular weight excluding hydrogens is 378 g/mol. The number of rotatable bonds is 4. The van der Waals surface area contributed by atoms with Crippen molar-refractivity contribution in [2.45, 2.75) is 24.9 Å². The van der Waals surface area contributed by atoms with E-state index in [0.29, 0.717) is 17.6 Å². The summed E-state index contributed by atoms with van der Waals surface area (Å²) in [4.78, 5) is 19.1. The van der Waals surface area contributed by atoms with Crippen molar-refractivity contribution in [3.05, 3.63) is 42.4 Å². The van der Waals surface area contributed by atoms with Gasteiger partial charge in [-0.15, -0.1) is 0 Å². The Bertz CT molecular complexity index is 738. The highest BCUT2D eigenvalue weighted by Crippen LogP contribution is 2.29. The standard InChI is InChI=1S/C19H25N5OS2/c25-19(15-2-1-6-20-12-15)22-18-3-7-21-24(18)16-4-8-23(9-5-16)17-13-26-10-11-27-14-17/h1-3,6-7,12,16-17H,4-5,8-11,13-14H2,(H,22,25). The number of pyridine rings is 1. The van der Waals surface area contributed by atoms with E-state index in [2.05, 4.69) is 43.8 Å². The zero-order valence-corrected chi connectivity index (χ0v) is 16.9. The Balaban J connectivity index is 1.36. The Morgan fingerprint density at radius 3 is 2.56 bits per heavy atom. The maximum absolute atomic E-state index is 12.4. The lowest BCUT2D eigenvalue weighted by Gasteiger charge is -2.37. The number of thioether (sulfide) groups is 2. The highest BCUT2D eigenvalue weighted by molar-refractivity contribution is 8.03. The number of amides is 1. The molecule has 0 aliphatic carbocycles. The van der Waals surface area contributed by atoms with Crippen molar-refractivity contribution in [1.82, 2.24) is 19.7 Å². The van der Waals surface area contributed by atoms with Crippen molar-refractivity contribution in [2.75, 3.05) is 41.4 Å². The molecule has 2 fully saturated rings. The third-order valence-corrected chi connectivity index (χ3v) is 7.67. The van der Waals surface area contributed by atoms with Crippen molar-refractivity contribution in [1.29, 1.82) is 0 Å². The molecule has 0 radical (unpaired) electrons. The lowest BCUT2D eigenvalue weighted by atomic mass is 10.0. The molecule has 0 unspecified atom stereocenters. The van der Waals surface area contributed by atoms with E-state index < -0.39 is 0 Å². The minimum Gasteiger partial charge on any atom is -0.307 e. The topological polar surface area (TPSA) is 63.1 Å². The molecule has 8 heteroatoms. The van der Waals surface area contributed by atoms with E-state index in [1.54, 1.807) is 30.7 Å². The van der Waals surface area contributed by atoms with Gasteiger partial charge in [-0.25, -0.2) is 4.68 Å². The minimum absolute atomic E-state index is 0.144. The molecule has 2 aromatic rings. The Hall–Kier alpha value is -1.51. The van der Waals surface area contributed by atoms with Crippen LogP contribution in [0.1, 0.15) is 29.2 Å². The summed E-state index contributed by atoms with van der Waals surface area (Å²) < 4.78 is 1.99. The number of nitrogens with zero attached hydrogens (tertiary/aromatic N) is 4. The second-order valence-corrected chi connectivity index (χ2v) is 9.23. The number of anilines is 1. The van der Waals surface area contributed by atoms with Gasteiger partial charge in [0.25, 0.3) is 5.91 Å². The predicted molar refractivity (Wildman–Crippen MR) is 113 cm³/mol. The maximum atomic E-state index is 12.4. The summed E-state index contributed by atoms with van der Waals surface area (Å²) in [6, 6.07) is 6.45. The second-order valence-electron chi connectivity index (χ2n) is 6.93. The maximum Gasteiger partial charge on any atom is 0.258 e. The molecule has 0 bridgehead atoms. The monoisotopic (exact) mass is 403 g/mol. The van der Waals surface area contributed by atoms with Crippen LogP contribution in [0.4, 0.5) is 5.82 Å². The zero-order valence-electron chi connectivity index (χ0n) is 15.3. The molecule has 6 nitrogen and oxygen atoms in total. The summed E-state index contributed by atoms with van der Waals surface area (Å²) >= 11 is 4.18. The third-order valence-electron chi connectivity index (χ3n) is 5.19. The van der Waals surface area contributed by atoms with Gasteiger partial charge in [-0.1, -0.05) is 0 Å². The molecule has 2 aromatic heterocycles. The Morgan fingerprint density at radius 2 is 1.85 bits per heavy atom. The van der Waals surface area contributed by atoms with E-state index in [0.717, 1.165) is 31.7 Å². The number of nitrogens with one attached hydrogen (secondary N) is 1. The lowest BCUT2D eigenvalue weighted by Crippen LogP contribution is -2.44. The SMILES string of the molecule is O=C(Nc1ccnn1C1CCN(C2CSCCSC2)CC1)c1cccnc1. The van der Waals surface area contributed by atoms with E-state index in [4.69, 9.17) is 0 Å². The zero-order chi connectivity index (χ0) is 18.5. The van der Waals surface area contributed by atoms with Gasteiger partial charge in [0.15, 0.2) is 0 Å². The van der Waals surface area contributed by atoms with Crippen LogP contribution in [-0.2, 0) is 0 Å². The smallest absolute Gasteiger partial charge is 0.258 e. The quantitative estimate of drug-likeness (QED) is 0.847. The fourth-order valence-corrected chi connectivity index (χ4v) is 6.33. The Labute approximate surface area is 168 Å². The number of hydrogen-bond acceptors (Lipinski definition) is 6. The average molecular weight is 404 g/mol. The van der Waals surface area contributed by atoms with E-state index in [9.17, 15) is 4.79 Å². The van der Waals surface area contributed by atoms with Crippen molar-refractivity contribution < 1.29 is 4.79 Å². The van der Waals surface area contributed by atoms with Crippen LogP contribution in [0.5, 0.6) is 0 Å². The van der Waals surface area contributed by atoms with Crippen LogP contribution in [0.2, 0.25) is 0 Å². The van der Waals surface area contributed by atoms with Gasteiger partial charge in [0.1, 0.15) is 5.82 Å².